The van der Waals surface area contributed by atoms with Crippen LogP contribution in [0.2, 0.25) is 5.02 Å². The Morgan fingerprint density at radius 3 is 2.94 bits per heavy atom. The molecule has 1 aromatic heterocycles. The summed E-state index contributed by atoms with van der Waals surface area (Å²) in [6.07, 6.45) is 0.873. The van der Waals surface area contributed by atoms with E-state index in [1.165, 1.54) is 6.07 Å². The highest BCUT2D eigenvalue weighted by atomic mass is 35.5. The highest BCUT2D eigenvalue weighted by Gasteiger charge is 2.06. The average Bonchev–Trinajstić information content (AvgIpc) is 2.79. The molecule has 1 heterocycles. The number of benzene rings is 1. The van der Waals surface area contributed by atoms with E-state index < -0.39 is 5.82 Å². The Morgan fingerprint density at radius 2 is 2.24 bits per heavy atom. The summed E-state index contributed by atoms with van der Waals surface area (Å²) in [7, 11) is 1.90. The first-order valence-electron chi connectivity index (χ1n) is 5.35. The largest absolute Gasteiger partial charge is 0.319 e. The fraction of sp³-hybridized carbons (Fsp3) is 0.250. The molecule has 1 aromatic carbocycles. The van der Waals surface area contributed by atoms with Gasteiger partial charge in [0.25, 0.3) is 0 Å². The number of halogens is 2. The Balaban J connectivity index is 2.21. The number of rotatable bonds is 4. The van der Waals surface area contributed by atoms with Crippen LogP contribution in [0, 0.1) is 5.82 Å². The van der Waals surface area contributed by atoms with E-state index in [-0.39, 0.29) is 5.02 Å². The summed E-state index contributed by atoms with van der Waals surface area (Å²) >= 11 is 5.73. The van der Waals surface area contributed by atoms with Crippen LogP contribution in [0.25, 0.3) is 11.3 Å². The van der Waals surface area contributed by atoms with Crippen LogP contribution >= 0.6 is 11.6 Å². The van der Waals surface area contributed by atoms with Gasteiger partial charge in [0, 0.05) is 24.2 Å². The summed E-state index contributed by atoms with van der Waals surface area (Å²) in [6, 6.07) is 6.54. The standard InChI is InChI=1S/C12H13ClFN3/c1-15-5-4-9-7-12(17-16-9)8-2-3-11(14)10(13)6-8/h2-3,6-7,15H,4-5H2,1H3,(H,16,17). The van der Waals surface area contributed by atoms with Crippen molar-refractivity contribution < 1.29 is 4.39 Å². The molecule has 2 rings (SSSR count). The maximum absolute atomic E-state index is 13.0. The Morgan fingerprint density at radius 1 is 1.41 bits per heavy atom. The van der Waals surface area contributed by atoms with Gasteiger partial charge in [-0.05, 0) is 31.3 Å². The van der Waals surface area contributed by atoms with Crippen molar-refractivity contribution in [2.24, 2.45) is 0 Å². The van der Waals surface area contributed by atoms with Crippen molar-refractivity contribution in [3.05, 3.63) is 40.8 Å². The van der Waals surface area contributed by atoms with Crippen molar-refractivity contribution >= 4 is 11.6 Å². The molecule has 0 spiro atoms. The molecule has 2 N–H and O–H groups in total. The number of nitrogens with zero attached hydrogens (tertiary/aromatic N) is 1. The predicted molar refractivity (Wildman–Crippen MR) is 66.6 cm³/mol. The van der Waals surface area contributed by atoms with Crippen LogP contribution in [0.1, 0.15) is 5.69 Å². The zero-order valence-electron chi connectivity index (χ0n) is 9.43. The van der Waals surface area contributed by atoms with E-state index in [1.54, 1.807) is 12.1 Å². The molecule has 0 aliphatic heterocycles. The van der Waals surface area contributed by atoms with E-state index in [1.807, 2.05) is 13.1 Å². The third kappa shape index (κ3) is 2.84. The zero-order valence-corrected chi connectivity index (χ0v) is 10.2. The van der Waals surface area contributed by atoms with Gasteiger partial charge in [0.15, 0.2) is 0 Å². The minimum atomic E-state index is -0.415. The highest BCUT2D eigenvalue weighted by Crippen LogP contribution is 2.23. The lowest BCUT2D eigenvalue weighted by Crippen LogP contribution is -2.10. The summed E-state index contributed by atoms with van der Waals surface area (Å²) in [4.78, 5) is 0. The predicted octanol–water partition coefficient (Wildman–Crippen LogP) is 2.63. The fourth-order valence-corrected chi connectivity index (χ4v) is 1.73. The third-order valence-corrected chi connectivity index (χ3v) is 2.78. The molecule has 5 heteroatoms. The maximum atomic E-state index is 13.0. The van der Waals surface area contributed by atoms with E-state index in [0.29, 0.717) is 0 Å². The van der Waals surface area contributed by atoms with Gasteiger partial charge in [0.2, 0.25) is 0 Å². The molecule has 17 heavy (non-hydrogen) atoms. The molecular formula is C12H13ClFN3. The number of nitrogens with one attached hydrogen (secondary N) is 2. The monoisotopic (exact) mass is 253 g/mol. The molecule has 0 saturated heterocycles. The third-order valence-electron chi connectivity index (χ3n) is 2.49. The van der Waals surface area contributed by atoms with Crippen molar-refractivity contribution in [2.75, 3.05) is 13.6 Å². The smallest absolute Gasteiger partial charge is 0.141 e. The van der Waals surface area contributed by atoms with Crippen LogP contribution in [0.4, 0.5) is 4.39 Å². The van der Waals surface area contributed by atoms with Crippen molar-refractivity contribution in [1.29, 1.82) is 0 Å². The summed E-state index contributed by atoms with van der Waals surface area (Å²) in [6.45, 7) is 0.881. The van der Waals surface area contributed by atoms with Crippen LogP contribution in [-0.4, -0.2) is 23.8 Å². The topological polar surface area (TPSA) is 40.7 Å². The van der Waals surface area contributed by atoms with Crippen LogP contribution in [0.3, 0.4) is 0 Å². The number of aromatic amines is 1. The van der Waals surface area contributed by atoms with E-state index in [2.05, 4.69) is 15.5 Å². The lowest BCUT2D eigenvalue weighted by Gasteiger charge is -1.98. The van der Waals surface area contributed by atoms with E-state index in [9.17, 15) is 4.39 Å². The van der Waals surface area contributed by atoms with Gasteiger partial charge in [-0.1, -0.05) is 11.6 Å². The second-order valence-corrected chi connectivity index (χ2v) is 4.17. The van der Waals surface area contributed by atoms with Gasteiger partial charge in [-0.15, -0.1) is 0 Å². The minimum Gasteiger partial charge on any atom is -0.319 e. The molecule has 0 aliphatic carbocycles. The van der Waals surface area contributed by atoms with Gasteiger partial charge in [0.1, 0.15) is 5.82 Å². The van der Waals surface area contributed by atoms with Gasteiger partial charge < -0.3 is 5.32 Å². The number of hydrogen-bond acceptors (Lipinski definition) is 2. The van der Waals surface area contributed by atoms with E-state index >= 15 is 0 Å². The quantitative estimate of drug-likeness (QED) is 0.880. The normalized spacial score (nSPS) is 10.8. The Bertz CT molecular complexity index is 510. The molecule has 3 nitrogen and oxygen atoms in total. The second kappa shape index (κ2) is 5.29. The van der Waals surface area contributed by atoms with Crippen LogP contribution < -0.4 is 5.32 Å². The zero-order chi connectivity index (χ0) is 12.3. The molecule has 0 radical (unpaired) electrons. The van der Waals surface area contributed by atoms with Gasteiger partial charge in [-0.2, -0.15) is 5.10 Å². The van der Waals surface area contributed by atoms with Crippen molar-refractivity contribution in [3.8, 4) is 11.3 Å². The van der Waals surface area contributed by atoms with Crippen molar-refractivity contribution in [1.82, 2.24) is 15.5 Å². The Labute approximate surface area is 104 Å². The molecular weight excluding hydrogens is 241 g/mol. The van der Waals surface area contributed by atoms with Gasteiger partial charge in [-0.25, -0.2) is 4.39 Å². The summed E-state index contributed by atoms with van der Waals surface area (Å²) in [5, 5.41) is 10.3. The number of aromatic nitrogens is 2. The summed E-state index contributed by atoms with van der Waals surface area (Å²) < 4.78 is 13.0. The number of H-pyrrole nitrogens is 1. The molecule has 0 saturated carbocycles. The molecule has 90 valence electrons. The van der Waals surface area contributed by atoms with Gasteiger partial charge in [-0.3, -0.25) is 5.10 Å². The molecule has 0 fully saturated rings. The van der Waals surface area contributed by atoms with Crippen LogP contribution in [0.15, 0.2) is 24.3 Å². The number of hydrogen-bond donors (Lipinski definition) is 2. The fourth-order valence-electron chi connectivity index (χ4n) is 1.55. The Hall–Kier alpha value is -1.39. The highest BCUT2D eigenvalue weighted by molar-refractivity contribution is 6.31. The first-order valence-corrected chi connectivity index (χ1v) is 5.73. The second-order valence-electron chi connectivity index (χ2n) is 3.76. The average molecular weight is 254 g/mol. The molecule has 0 atom stereocenters. The SMILES string of the molecule is CNCCc1cc(-c2ccc(F)c(Cl)c2)n[nH]1. The lowest BCUT2D eigenvalue weighted by atomic mass is 10.1. The molecule has 0 amide bonds. The number of likely N-dealkylation sites (N-methyl/N-ethyl adjacent to an activating group) is 1. The molecule has 0 bridgehead atoms. The summed E-state index contributed by atoms with van der Waals surface area (Å²) in [5.41, 5.74) is 2.62. The van der Waals surface area contributed by atoms with Crippen molar-refractivity contribution in [2.45, 2.75) is 6.42 Å². The van der Waals surface area contributed by atoms with E-state index in [0.717, 1.165) is 29.9 Å². The Kier molecular flexibility index (Phi) is 3.76. The molecule has 0 aliphatic rings. The lowest BCUT2D eigenvalue weighted by molar-refractivity contribution is 0.628. The molecule has 2 aromatic rings. The first kappa shape index (κ1) is 12.1. The molecule has 0 unspecified atom stereocenters. The maximum Gasteiger partial charge on any atom is 0.141 e. The first-order chi connectivity index (χ1) is 8.20. The van der Waals surface area contributed by atoms with Gasteiger partial charge >= 0.3 is 0 Å². The van der Waals surface area contributed by atoms with Crippen LogP contribution in [-0.2, 0) is 6.42 Å². The van der Waals surface area contributed by atoms with Gasteiger partial charge in [0.05, 0.1) is 10.7 Å². The van der Waals surface area contributed by atoms with Crippen molar-refractivity contribution in [3.63, 3.8) is 0 Å². The minimum absolute atomic E-state index is 0.113. The van der Waals surface area contributed by atoms with E-state index in [4.69, 9.17) is 11.6 Å². The summed E-state index contributed by atoms with van der Waals surface area (Å²) in [5.74, 6) is -0.415. The van der Waals surface area contributed by atoms with Crippen LogP contribution in [0.5, 0.6) is 0 Å².